The second-order valence-electron chi connectivity index (χ2n) is 6.79. The molecular weight excluding hydrogens is 334 g/mol. The van der Waals surface area contributed by atoms with Crippen LogP contribution in [0.1, 0.15) is 18.1 Å². The van der Waals surface area contributed by atoms with Gasteiger partial charge in [0.25, 0.3) is 5.91 Å². The van der Waals surface area contributed by atoms with Crippen molar-refractivity contribution in [2.24, 2.45) is 9.98 Å². The number of carbonyl (C=O) groups excluding carboxylic acids is 1. The molecule has 0 N–H and O–H groups in total. The van der Waals surface area contributed by atoms with Gasteiger partial charge in [0.15, 0.2) is 0 Å². The van der Waals surface area contributed by atoms with Gasteiger partial charge in [0.1, 0.15) is 5.71 Å². The molecule has 0 unspecified atom stereocenters. The Kier molecular flexibility index (Phi) is 3.50. The van der Waals surface area contributed by atoms with Crippen LogP contribution in [-0.4, -0.2) is 17.3 Å². The maximum absolute atomic E-state index is 13.2. The monoisotopic (exact) mass is 351 g/mol. The van der Waals surface area contributed by atoms with Gasteiger partial charge in [0.05, 0.1) is 17.1 Å². The SMILES string of the molecule is CC1=Nc2cc(/N=C3\C(=O)N(c4ccccc4)c4ccccc43)ccc2C1. The first-order chi connectivity index (χ1) is 13.2. The zero-order chi connectivity index (χ0) is 18.4. The second-order valence-corrected chi connectivity index (χ2v) is 6.79. The highest BCUT2D eigenvalue weighted by atomic mass is 16.2. The molecule has 0 aromatic heterocycles. The molecule has 2 aliphatic heterocycles. The molecule has 5 rings (SSSR count). The molecule has 27 heavy (non-hydrogen) atoms. The molecule has 0 atom stereocenters. The van der Waals surface area contributed by atoms with Crippen LogP contribution in [0.4, 0.5) is 22.7 Å². The summed E-state index contributed by atoms with van der Waals surface area (Å²) in [5.41, 5.74) is 7.04. The van der Waals surface area contributed by atoms with Crippen LogP contribution in [0, 0.1) is 0 Å². The van der Waals surface area contributed by atoms with Crippen molar-refractivity contribution < 1.29 is 4.79 Å². The zero-order valence-corrected chi connectivity index (χ0v) is 14.9. The summed E-state index contributed by atoms with van der Waals surface area (Å²) >= 11 is 0. The van der Waals surface area contributed by atoms with Gasteiger partial charge in [0, 0.05) is 23.4 Å². The number of fused-ring (bicyclic) bond motifs is 2. The molecule has 130 valence electrons. The average molecular weight is 351 g/mol. The molecular formula is C23H17N3O. The van der Waals surface area contributed by atoms with E-state index in [9.17, 15) is 4.79 Å². The Morgan fingerprint density at radius 1 is 0.963 bits per heavy atom. The van der Waals surface area contributed by atoms with Crippen molar-refractivity contribution in [3.8, 4) is 0 Å². The van der Waals surface area contributed by atoms with E-state index in [2.05, 4.69) is 11.1 Å². The molecule has 0 radical (unpaired) electrons. The van der Waals surface area contributed by atoms with Gasteiger partial charge in [-0.3, -0.25) is 14.7 Å². The number of aliphatic imine (C=N–C) groups is 2. The number of benzene rings is 3. The Balaban J connectivity index is 1.62. The molecule has 4 heteroatoms. The zero-order valence-electron chi connectivity index (χ0n) is 14.9. The van der Waals surface area contributed by atoms with Gasteiger partial charge in [0.2, 0.25) is 0 Å². The van der Waals surface area contributed by atoms with E-state index in [0.29, 0.717) is 5.71 Å². The molecule has 3 aromatic rings. The maximum atomic E-state index is 13.2. The van der Waals surface area contributed by atoms with E-state index in [1.54, 1.807) is 4.90 Å². The summed E-state index contributed by atoms with van der Waals surface area (Å²) in [6, 6.07) is 23.4. The average Bonchev–Trinajstić information content (AvgIpc) is 3.19. The van der Waals surface area contributed by atoms with Crippen molar-refractivity contribution in [1.82, 2.24) is 0 Å². The number of anilines is 2. The van der Waals surface area contributed by atoms with Gasteiger partial charge in [-0.15, -0.1) is 0 Å². The third-order valence-electron chi connectivity index (χ3n) is 4.89. The van der Waals surface area contributed by atoms with Crippen molar-refractivity contribution >= 4 is 40.1 Å². The van der Waals surface area contributed by atoms with Crippen LogP contribution in [0.15, 0.2) is 82.8 Å². The summed E-state index contributed by atoms with van der Waals surface area (Å²) in [4.78, 5) is 24.2. The first-order valence-corrected chi connectivity index (χ1v) is 8.95. The van der Waals surface area contributed by atoms with Crippen LogP contribution in [0.2, 0.25) is 0 Å². The second kappa shape index (κ2) is 6.02. The summed E-state index contributed by atoms with van der Waals surface area (Å²) in [7, 11) is 0. The number of hydrogen-bond acceptors (Lipinski definition) is 3. The van der Waals surface area contributed by atoms with Gasteiger partial charge in [-0.25, -0.2) is 4.99 Å². The summed E-state index contributed by atoms with van der Waals surface area (Å²) in [6.07, 6.45) is 0.885. The van der Waals surface area contributed by atoms with Crippen LogP contribution in [0.25, 0.3) is 0 Å². The molecule has 1 amide bonds. The van der Waals surface area contributed by atoms with E-state index in [4.69, 9.17) is 4.99 Å². The topological polar surface area (TPSA) is 45.0 Å². The summed E-state index contributed by atoms with van der Waals surface area (Å²) in [5.74, 6) is -0.109. The maximum Gasteiger partial charge on any atom is 0.282 e. The third kappa shape index (κ3) is 2.57. The van der Waals surface area contributed by atoms with E-state index in [1.165, 1.54) is 5.56 Å². The van der Waals surface area contributed by atoms with E-state index in [0.717, 1.165) is 40.4 Å². The minimum atomic E-state index is -0.109. The van der Waals surface area contributed by atoms with E-state index in [-0.39, 0.29) is 5.91 Å². The first-order valence-electron chi connectivity index (χ1n) is 8.95. The lowest BCUT2D eigenvalue weighted by molar-refractivity contribution is -0.111. The smallest absolute Gasteiger partial charge is 0.275 e. The lowest BCUT2D eigenvalue weighted by Gasteiger charge is -2.16. The fraction of sp³-hybridized carbons (Fsp3) is 0.0870. The molecule has 0 fully saturated rings. The van der Waals surface area contributed by atoms with Crippen LogP contribution in [0.5, 0.6) is 0 Å². The van der Waals surface area contributed by atoms with E-state index >= 15 is 0 Å². The highest BCUT2D eigenvalue weighted by molar-refractivity contribution is 6.56. The molecule has 0 aliphatic carbocycles. The van der Waals surface area contributed by atoms with Crippen LogP contribution in [0.3, 0.4) is 0 Å². The standard InChI is InChI=1S/C23H17N3O/c1-15-13-16-11-12-17(14-20(16)24-15)25-22-19-9-5-6-10-21(19)26(23(22)27)18-7-3-2-4-8-18/h2-12,14H,13H2,1H3/b25-22-. The summed E-state index contributed by atoms with van der Waals surface area (Å²) < 4.78 is 0. The molecule has 4 nitrogen and oxygen atoms in total. The molecule has 0 saturated carbocycles. The van der Waals surface area contributed by atoms with Crippen molar-refractivity contribution in [2.75, 3.05) is 4.90 Å². The fourth-order valence-corrected chi connectivity index (χ4v) is 3.67. The Morgan fingerprint density at radius 2 is 1.74 bits per heavy atom. The molecule has 2 heterocycles. The number of rotatable bonds is 2. The first kappa shape index (κ1) is 15.7. The summed E-state index contributed by atoms with van der Waals surface area (Å²) in [5, 5.41) is 0. The minimum Gasteiger partial charge on any atom is -0.275 e. The predicted octanol–water partition coefficient (Wildman–Crippen LogP) is 5.13. The van der Waals surface area contributed by atoms with Gasteiger partial charge >= 0.3 is 0 Å². The quantitative estimate of drug-likeness (QED) is 0.631. The van der Waals surface area contributed by atoms with E-state index < -0.39 is 0 Å². The highest BCUT2D eigenvalue weighted by Crippen LogP contribution is 2.37. The van der Waals surface area contributed by atoms with Gasteiger partial charge < -0.3 is 0 Å². The molecule has 3 aromatic carbocycles. The Morgan fingerprint density at radius 3 is 2.59 bits per heavy atom. The number of nitrogens with zero attached hydrogens (tertiary/aromatic N) is 3. The number of hydrogen-bond donors (Lipinski definition) is 0. The van der Waals surface area contributed by atoms with Crippen molar-refractivity contribution in [3.05, 3.63) is 83.9 Å². The van der Waals surface area contributed by atoms with Crippen LogP contribution >= 0.6 is 0 Å². The van der Waals surface area contributed by atoms with Gasteiger partial charge in [-0.2, -0.15) is 0 Å². The number of amides is 1. The van der Waals surface area contributed by atoms with Crippen LogP contribution in [-0.2, 0) is 11.2 Å². The fourth-order valence-electron chi connectivity index (χ4n) is 3.67. The largest absolute Gasteiger partial charge is 0.282 e. The Hall–Kier alpha value is -3.53. The Labute approximate surface area is 157 Å². The number of para-hydroxylation sites is 2. The molecule has 0 saturated heterocycles. The lowest BCUT2D eigenvalue weighted by Crippen LogP contribution is -2.25. The predicted molar refractivity (Wildman–Crippen MR) is 109 cm³/mol. The van der Waals surface area contributed by atoms with Crippen molar-refractivity contribution in [3.63, 3.8) is 0 Å². The van der Waals surface area contributed by atoms with E-state index in [1.807, 2.05) is 73.7 Å². The lowest BCUT2D eigenvalue weighted by atomic mass is 10.1. The molecule has 0 bridgehead atoms. The van der Waals surface area contributed by atoms with Crippen molar-refractivity contribution in [1.29, 1.82) is 0 Å². The third-order valence-corrected chi connectivity index (χ3v) is 4.89. The normalized spacial score (nSPS) is 16.5. The molecule has 2 aliphatic rings. The van der Waals surface area contributed by atoms with Crippen molar-refractivity contribution in [2.45, 2.75) is 13.3 Å². The summed E-state index contributed by atoms with van der Waals surface area (Å²) in [6.45, 7) is 2.03. The molecule has 0 spiro atoms. The highest BCUT2D eigenvalue weighted by Gasteiger charge is 2.34. The van der Waals surface area contributed by atoms with Crippen LogP contribution < -0.4 is 4.90 Å². The van der Waals surface area contributed by atoms with Gasteiger partial charge in [-0.1, -0.05) is 42.5 Å². The van der Waals surface area contributed by atoms with Gasteiger partial charge in [-0.05, 0) is 42.8 Å². The number of carbonyl (C=O) groups is 1. The Bertz CT molecular complexity index is 1130. The minimum absolute atomic E-state index is 0.109.